The first-order valence-electron chi connectivity index (χ1n) is 11.1. The molecule has 0 radical (unpaired) electrons. The van der Waals surface area contributed by atoms with E-state index in [2.05, 4.69) is 108 Å². The van der Waals surface area contributed by atoms with Crippen molar-refractivity contribution in [2.45, 2.75) is 0 Å². The fraction of sp³-hybridized carbons (Fsp3) is 0. The maximum atomic E-state index is 4.80. The fourth-order valence-electron chi connectivity index (χ4n) is 5.03. The van der Waals surface area contributed by atoms with Gasteiger partial charge in [-0.3, -0.25) is 0 Å². The van der Waals surface area contributed by atoms with Crippen LogP contribution in [-0.4, -0.2) is 14.6 Å². The molecule has 0 bridgehead atoms. The first kappa shape index (κ1) is 18.1. The number of rotatable bonds is 2. The molecular formula is C30H19N3. The molecule has 0 amide bonds. The summed E-state index contributed by atoms with van der Waals surface area (Å²) in [7, 11) is 0. The molecular weight excluding hydrogens is 402 g/mol. The van der Waals surface area contributed by atoms with E-state index in [1.54, 1.807) is 0 Å². The number of pyridine rings is 1. The lowest BCUT2D eigenvalue weighted by Gasteiger charge is -2.10. The van der Waals surface area contributed by atoms with Gasteiger partial charge < -0.3 is 4.40 Å². The van der Waals surface area contributed by atoms with E-state index < -0.39 is 0 Å². The Morgan fingerprint density at radius 3 is 1.73 bits per heavy atom. The lowest BCUT2D eigenvalue weighted by molar-refractivity contribution is 1.06. The number of nitrogens with zero attached hydrogens (tertiary/aromatic N) is 3. The number of hydrogen-bond acceptors (Lipinski definition) is 2. The molecule has 0 spiro atoms. The van der Waals surface area contributed by atoms with Crippen LogP contribution in [0.1, 0.15) is 0 Å². The van der Waals surface area contributed by atoms with Gasteiger partial charge in [-0.15, -0.1) is 10.2 Å². The van der Waals surface area contributed by atoms with Gasteiger partial charge in [-0.2, -0.15) is 0 Å². The maximum Gasteiger partial charge on any atom is 0.103 e. The number of aromatic nitrogens is 3. The summed E-state index contributed by atoms with van der Waals surface area (Å²) in [5.41, 5.74) is 6.31. The monoisotopic (exact) mass is 421 g/mol. The zero-order valence-corrected chi connectivity index (χ0v) is 17.8. The molecule has 154 valence electrons. The average molecular weight is 422 g/mol. The van der Waals surface area contributed by atoms with Crippen LogP contribution in [0.15, 0.2) is 115 Å². The molecule has 0 aliphatic rings. The van der Waals surface area contributed by atoms with Gasteiger partial charge in [0.05, 0.1) is 11.0 Å². The van der Waals surface area contributed by atoms with E-state index in [4.69, 9.17) is 10.2 Å². The molecule has 7 rings (SSSR count). The maximum absolute atomic E-state index is 4.80. The molecule has 0 saturated carbocycles. The van der Waals surface area contributed by atoms with Crippen LogP contribution in [0.4, 0.5) is 0 Å². The predicted molar refractivity (Wildman–Crippen MR) is 136 cm³/mol. The Bertz CT molecular complexity index is 1800. The Morgan fingerprint density at radius 1 is 0.455 bits per heavy atom. The zero-order chi connectivity index (χ0) is 21.8. The van der Waals surface area contributed by atoms with E-state index in [-0.39, 0.29) is 0 Å². The highest BCUT2D eigenvalue weighted by Crippen LogP contribution is 2.41. The van der Waals surface area contributed by atoms with E-state index >= 15 is 0 Å². The number of benzene rings is 4. The van der Waals surface area contributed by atoms with E-state index in [0.717, 1.165) is 33.3 Å². The molecule has 3 heteroatoms. The zero-order valence-electron chi connectivity index (χ0n) is 17.8. The highest BCUT2D eigenvalue weighted by molar-refractivity contribution is 6.23. The summed E-state index contributed by atoms with van der Waals surface area (Å²) in [4.78, 5) is 0. The van der Waals surface area contributed by atoms with E-state index in [0.29, 0.717) is 0 Å². The molecule has 3 nitrogen and oxygen atoms in total. The summed E-state index contributed by atoms with van der Waals surface area (Å²) in [6, 6.07) is 38.0. The molecule has 0 fully saturated rings. The number of para-hydroxylation sites is 1. The van der Waals surface area contributed by atoms with Crippen LogP contribution >= 0.6 is 0 Å². The van der Waals surface area contributed by atoms with Crippen molar-refractivity contribution in [1.29, 1.82) is 0 Å². The van der Waals surface area contributed by atoms with Crippen molar-refractivity contribution in [3.05, 3.63) is 115 Å². The van der Waals surface area contributed by atoms with Crippen molar-refractivity contribution < 1.29 is 0 Å². The first-order valence-corrected chi connectivity index (χ1v) is 11.1. The minimum atomic E-state index is 0.905. The Kier molecular flexibility index (Phi) is 3.84. The van der Waals surface area contributed by atoms with E-state index in [9.17, 15) is 0 Å². The average Bonchev–Trinajstić information content (AvgIpc) is 3.31. The Balaban J connectivity index is 1.77. The molecule has 3 heterocycles. The highest BCUT2D eigenvalue weighted by atomic mass is 15.1. The SMILES string of the molecule is c1ccc(-c2nnc(-c3ccccc3)c3c2cn2c4ccccc4c4ccccc4c32)cc1. The van der Waals surface area contributed by atoms with E-state index in [1.165, 1.54) is 27.2 Å². The molecule has 0 aliphatic carbocycles. The Labute approximate surface area is 190 Å². The van der Waals surface area contributed by atoms with Gasteiger partial charge in [0, 0.05) is 38.9 Å². The van der Waals surface area contributed by atoms with E-state index in [1.807, 2.05) is 12.1 Å². The van der Waals surface area contributed by atoms with Gasteiger partial charge in [0.1, 0.15) is 11.4 Å². The van der Waals surface area contributed by atoms with Gasteiger partial charge in [-0.25, -0.2) is 0 Å². The van der Waals surface area contributed by atoms with Gasteiger partial charge >= 0.3 is 0 Å². The van der Waals surface area contributed by atoms with Crippen molar-refractivity contribution >= 4 is 38.0 Å². The summed E-state index contributed by atoms with van der Waals surface area (Å²) >= 11 is 0. The molecule has 0 unspecified atom stereocenters. The summed E-state index contributed by atoms with van der Waals surface area (Å²) < 4.78 is 2.32. The van der Waals surface area contributed by atoms with Crippen LogP contribution in [0.25, 0.3) is 60.5 Å². The third-order valence-electron chi connectivity index (χ3n) is 6.48. The first-order chi connectivity index (χ1) is 16.4. The van der Waals surface area contributed by atoms with Crippen molar-refractivity contribution in [2.75, 3.05) is 0 Å². The highest BCUT2D eigenvalue weighted by Gasteiger charge is 2.20. The quantitative estimate of drug-likeness (QED) is 0.270. The largest absolute Gasteiger partial charge is 0.315 e. The van der Waals surface area contributed by atoms with Gasteiger partial charge in [0.15, 0.2) is 0 Å². The molecule has 0 N–H and O–H groups in total. The molecule has 0 saturated heterocycles. The lowest BCUT2D eigenvalue weighted by atomic mass is 10.00. The third kappa shape index (κ3) is 2.63. The predicted octanol–water partition coefficient (Wildman–Crippen LogP) is 7.52. The second-order valence-electron chi connectivity index (χ2n) is 8.33. The minimum Gasteiger partial charge on any atom is -0.315 e. The van der Waals surface area contributed by atoms with Gasteiger partial charge in [-0.1, -0.05) is 103 Å². The molecule has 33 heavy (non-hydrogen) atoms. The topological polar surface area (TPSA) is 30.2 Å². The van der Waals surface area contributed by atoms with Gasteiger partial charge in [0.25, 0.3) is 0 Å². The van der Waals surface area contributed by atoms with Crippen LogP contribution < -0.4 is 0 Å². The van der Waals surface area contributed by atoms with Gasteiger partial charge in [-0.05, 0) is 11.5 Å². The lowest BCUT2D eigenvalue weighted by Crippen LogP contribution is -1.93. The summed E-state index contributed by atoms with van der Waals surface area (Å²) in [5.74, 6) is 0. The van der Waals surface area contributed by atoms with Crippen LogP contribution in [0, 0.1) is 0 Å². The number of hydrogen-bond donors (Lipinski definition) is 0. The molecule has 4 aromatic carbocycles. The summed E-state index contributed by atoms with van der Waals surface area (Å²) in [6.45, 7) is 0. The van der Waals surface area contributed by atoms with Crippen molar-refractivity contribution in [3.63, 3.8) is 0 Å². The van der Waals surface area contributed by atoms with Crippen LogP contribution in [0.2, 0.25) is 0 Å². The summed E-state index contributed by atoms with van der Waals surface area (Å²) in [5, 5.41) is 15.5. The normalized spacial score (nSPS) is 11.6. The fourth-order valence-corrected chi connectivity index (χ4v) is 5.03. The van der Waals surface area contributed by atoms with Crippen LogP contribution in [-0.2, 0) is 0 Å². The molecule has 0 atom stereocenters. The smallest absolute Gasteiger partial charge is 0.103 e. The van der Waals surface area contributed by atoms with Crippen molar-refractivity contribution in [3.8, 4) is 22.5 Å². The van der Waals surface area contributed by atoms with Crippen molar-refractivity contribution in [2.24, 2.45) is 0 Å². The number of fused-ring (bicyclic) bond motifs is 8. The van der Waals surface area contributed by atoms with Gasteiger partial charge in [0.2, 0.25) is 0 Å². The Morgan fingerprint density at radius 2 is 1.00 bits per heavy atom. The minimum absolute atomic E-state index is 0.905. The van der Waals surface area contributed by atoms with Crippen LogP contribution in [0.5, 0.6) is 0 Å². The molecule has 7 aromatic rings. The standard InChI is InChI=1S/C30H19N3/c1-3-11-20(12-4-1)28-25-19-33-26-18-10-9-16-23(26)22-15-7-8-17-24(22)30(33)27(25)29(32-31-28)21-13-5-2-6-14-21/h1-19H. The summed E-state index contributed by atoms with van der Waals surface area (Å²) in [6.07, 6.45) is 2.24. The second kappa shape index (κ2) is 7.01. The molecule has 3 aromatic heterocycles. The van der Waals surface area contributed by atoms with Crippen LogP contribution in [0.3, 0.4) is 0 Å². The van der Waals surface area contributed by atoms with Crippen molar-refractivity contribution in [1.82, 2.24) is 14.6 Å². The Hall–Kier alpha value is -4.50. The second-order valence-corrected chi connectivity index (χ2v) is 8.33. The third-order valence-corrected chi connectivity index (χ3v) is 6.48. The molecule has 0 aliphatic heterocycles.